The molecule has 0 spiro atoms. The van der Waals surface area contributed by atoms with Crippen LogP contribution in [0.5, 0.6) is 0 Å². The predicted octanol–water partition coefficient (Wildman–Crippen LogP) is 5.63. The molecule has 0 saturated carbocycles. The molecule has 0 bridgehead atoms. The molecule has 0 fully saturated rings. The maximum atomic E-state index is 12.1. The van der Waals surface area contributed by atoms with Crippen molar-refractivity contribution in [2.24, 2.45) is 0 Å². The van der Waals surface area contributed by atoms with E-state index in [9.17, 15) is 4.79 Å². The zero-order chi connectivity index (χ0) is 21.8. The summed E-state index contributed by atoms with van der Waals surface area (Å²) in [6, 6.07) is 23.9. The molecule has 0 aliphatic carbocycles. The molecule has 0 amide bonds. The smallest absolute Gasteiger partial charge is 0.338 e. The minimum Gasteiger partial charge on any atom is -0.465 e. The van der Waals surface area contributed by atoms with Crippen LogP contribution in [0, 0.1) is 13.8 Å². The second-order valence-electron chi connectivity index (χ2n) is 7.23. The predicted molar refractivity (Wildman–Crippen MR) is 124 cm³/mol. The van der Waals surface area contributed by atoms with Crippen LogP contribution in [0.2, 0.25) is 0 Å². The number of benzene rings is 3. The van der Waals surface area contributed by atoms with Gasteiger partial charge in [0, 0.05) is 11.3 Å². The van der Waals surface area contributed by atoms with Crippen LogP contribution in [-0.4, -0.2) is 27.8 Å². The number of rotatable bonds is 6. The number of hydrogen-bond donors (Lipinski definition) is 0. The van der Waals surface area contributed by atoms with Gasteiger partial charge in [0.15, 0.2) is 11.0 Å². The molecule has 31 heavy (non-hydrogen) atoms. The van der Waals surface area contributed by atoms with E-state index in [4.69, 9.17) is 4.74 Å². The number of para-hydroxylation sites is 1. The van der Waals surface area contributed by atoms with Crippen molar-refractivity contribution >= 4 is 17.7 Å². The molecule has 0 atom stereocenters. The van der Waals surface area contributed by atoms with Crippen molar-refractivity contribution in [1.29, 1.82) is 0 Å². The molecule has 0 radical (unpaired) electrons. The molecule has 0 unspecified atom stereocenters. The molecule has 6 heteroatoms. The molecule has 156 valence electrons. The van der Waals surface area contributed by atoms with Crippen LogP contribution in [-0.2, 0) is 10.5 Å². The molecule has 1 aromatic heterocycles. The molecule has 0 N–H and O–H groups in total. The zero-order valence-corrected chi connectivity index (χ0v) is 18.5. The first-order valence-corrected chi connectivity index (χ1v) is 10.9. The Bertz CT molecular complexity index is 1230. The molecule has 0 aliphatic heterocycles. The number of aryl methyl sites for hydroxylation is 2. The van der Waals surface area contributed by atoms with Crippen LogP contribution < -0.4 is 0 Å². The van der Waals surface area contributed by atoms with Gasteiger partial charge in [-0.1, -0.05) is 71.9 Å². The van der Waals surface area contributed by atoms with Gasteiger partial charge in [-0.2, -0.15) is 0 Å². The highest BCUT2D eigenvalue weighted by atomic mass is 32.2. The van der Waals surface area contributed by atoms with Crippen molar-refractivity contribution in [3.63, 3.8) is 0 Å². The average molecular weight is 430 g/mol. The van der Waals surface area contributed by atoms with E-state index >= 15 is 0 Å². The molecule has 1 heterocycles. The first-order chi connectivity index (χ1) is 15.1. The average Bonchev–Trinajstić information content (AvgIpc) is 3.21. The Balaban J connectivity index is 1.76. The molecule has 3 aromatic carbocycles. The Kier molecular flexibility index (Phi) is 6.18. The van der Waals surface area contributed by atoms with E-state index in [1.165, 1.54) is 7.11 Å². The van der Waals surface area contributed by atoms with E-state index in [0.717, 1.165) is 38.9 Å². The topological polar surface area (TPSA) is 57.0 Å². The number of carbonyl (C=O) groups is 1. The van der Waals surface area contributed by atoms with E-state index in [1.54, 1.807) is 17.8 Å². The minimum absolute atomic E-state index is 0.336. The van der Waals surface area contributed by atoms with Crippen LogP contribution in [0.25, 0.3) is 17.1 Å². The largest absolute Gasteiger partial charge is 0.465 e. The van der Waals surface area contributed by atoms with Crippen LogP contribution in [0.3, 0.4) is 0 Å². The fraction of sp³-hybridized carbons (Fsp3) is 0.160. The second-order valence-corrected chi connectivity index (χ2v) is 8.18. The summed E-state index contributed by atoms with van der Waals surface area (Å²) in [7, 11) is 1.40. The second kappa shape index (κ2) is 9.18. The van der Waals surface area contributed by atoms with E-state index < -0.39 is 0 Å². The van der Waals surface area contributed by atoms with E-state index in [0.29, 0.717) is 11.3 Å². The van der Waals surface area contributed by atoms with Crippen molar-refractivity contribution in [2.45, 2.75) is 24.8 Å². The van der Waals surface area contributed by atoms with Gasteiger partial charge < -0.3 is 4.74 Å². The van der Waals surface area contributed by atoms with Crippen molar-refractivity contribution < 1.29 is 9.53 Å². The van der Waals surface area contributed by atoms with E-state index in [1.807, 2.05) is 42.5 Å². The zero-order valence-electron chi connectivity index (χ0n) is 17.7. The lowest BCUT2D eigenvalue weighted by atomic mass is 10.1. The lowest BCUT2D eigenvalue weighted by molar-refractivity contribution is 0.0600. The number of methoxy groups -OCH3 is 1. The van der Waals surface area contributed by atoms with Crippen LogP contribution in [0.15, 0.2) is 78.0 Å². The van der Waals surface area contributed by atoms with Crippen LogP contribution in [0.4, 0.5) is 0 Å². The summed E-state index contributed by atoms with van der Waals surface area (Å²) < 4.78 is 7.02. The van der Waals surface area contributed by atoms with Gasteiger partial charge in [0.2, 0.25) is 0 Å². The number of aromatic nitrogens is 3. The van der Waals surface area contributed by atoms with Crippen molar-refractivity contribution in [1.82, 2.24) is 14.8 Å². The quantitative estimate of drug-likeness (QED) is 0.294. The third-order valence-corrected chi connectivity index (χ3v) is 6.02. The Morgan fingerprint density at radius 3 is 2.52 bits per heavy atom. The third kappa shape index (κ3) is 4.39. The number of hydrogen-bond acceptors (Lipinski definition) is 5. The summed E-state index contributed by atoms with van der Waals surface area (Å²) in [6.45, 7) is 4.15. The third-order valence-electron chi connectivity index (χ3n) is 5.05. The molecule has 4 aromatic rings. The Morgan fingerprint density at radius 1 is 0.968 bits per heavy atom. The molecule has 4 rings (SSSR count). The number of thioether (sulfide) groups is 1. The molecule has 5 nitrogen and oxygen atoms in total. The maximum Gasteiger partial charge on any atom is 0.338 e. The van der Waals surface area contributed by atoms with Gasteiger partial charge in [0.05, 0.1) is 18.4 Å². The lowest BCUT2D eigenvalue weighted by Gasteiger charge is -2.13. The number of carbonyl (C=O) groups excluding carboxylic acids is 1. The van der Waals surface area contributed by atoms with Gasteiger partial charge in [-0.15, -0.1) is 10.2 Å². The number of esters is 1. The summed E-state index contributed by atoms with van der Waals surface area (Å²) in [5.41, 5.74) is 5.81. The summed E-state index contributed by atoms with van der Waals surface area (Å²) in [5, 5.41) is 9.81. The number of ether oxygens (including phenoxy) is 1. The molecule has 0 saturated heterocycles. The highest BCUT2D eigenvalue weighted by Gasteiger charge is 2.19. The Labute approximate surface area is 186 Å². The molecule has 0 aliphatic rings. The highest BCUT2D eigenvalue weighted by Crippen LogP contribution is 2.32. The summed E-state index contributed by atoms with van der Waals surface area (Å²) in [5.74, 6) is 1.03. The SMILES string of the molecule is COC(=O)c1ccccc1CSc1nnc(-c2cccc(C)c2)n1-c1ccccc1C. The van der Waals surface area contributed by atoms with Crippen LogP contribution in [0.1, 0.15) is 27.0 Å². The first kappa shape index (κ1) is 20.9. The van der Waals surface area contributed by atoms with Gasteiger partial charge in [-0.3, -0.25) is 4.57 Å². The normalized spacial score (nSPS) is 10.8. The monoisotopic (exact) mass is 429 g/mol. The van der Waals surface area contributed by atoms with Gasteiger partial charge in [-0.05, 0) is 43.2 Å². The van der Waals surface area contributed by atoms with E-state index in [2.05, 4.69) is 52.9 Å². The standard InChI is InChI=1S/C25H23N3O2S/c1-17-9-8-12-19(15-17)23-26-27-25(28(23)22-14-7-4-10-18(22)2)31-16-20-11-5-6-13-21(20)24(29)30-3/h4-15H,16H2,1-3H3. The van der Waals surface area contributed by atoms with Crippen molar-refractivity contribution in [3.05, 3.63) is 95.1 Å². The lowest BCUT2D eigenvalue weighted by Crippen LogP contribution is -2.05. The fourth-order valence-electron chi connectivity index (χ4n) is 3.46. The fourth-order valence-corrected chi connectivity index (χ4v) is 4.41. The Hall–Kier alpha value is -3.38. The van der Waals surface area contributed by atoms with Gasteiger partial charge in [-0.25, -0.2) is 4.79 Å². The van der Waals surface area contributed by atoms with E-state index in [-0.39, 0.29) is 5.97 Å². The first-order valence-electron chi connectivity index (χ1n) is 9.96. The number of nitrogens with zero attached hydrogens (tertiary/aromatic N) is 3. The molecular weight excluding hydrogens is 406 g/mol. The molecular formula is C25H23N3O2S. The van der Waals surface area contributed by atoms with Crippen molar-refractivity contribution in [3.8, 4) is 17.1 Å². The van der Waals surface area contributed by atoms with Gasteiger partial charge in [0.1, 0.15) is 0 Å². The maximum absolute atomic E-state index is 12.1. The van der Waals surface area contributed by atoms with Gasteiger partial charge >= 0.3 is 5.97 Å². The van der Waals surface area contributed by atoms with Gasteiger partial charge in [0.25, 0.3) is 0 Å². The minimum atomic E-state index is -0.336. The Morgan fingerprint density at radius 2 is 1.74 bits per heavy atom. The van der Waals surface area contributed by atoms with Crippen LogP contribution >= 0.6 is 11.8 Å². The summed E-state index contributed by atoms with van der Waals surface area (Å²) in [6.07, 6.45) is 0. The highest BCUT2D eigenvalue weighted by molar-refractivity contribution is 7.98. The van der Waals surface area contributed by atoms with Crippen molar-refractivity contribution in [2.75, 3.05) is 7.11 Å². The summed E-state index contributed by atoms with van der Waals surface area (Å²) in [4.78, 5) is 12.1. The summed E-state index contributed by atoms with van der Waals surface area (Å²) >= 11 is 1.55.